The molecule has 1 aromatic carbocycles. The lowest BCUT2D eigenvalue weighted by atomic mass is 10.1. The van der Waals surface area contributed by atoms with Gasteiger partial charge in [-0.15, -0.1) is 0 Å². The van der Waals surface area contributed by atoms with E-state index in [2.05, 4.69) is 54.3 Å². The molecule has 1 fully saturated rings. The molecule has 4 rings (SSSR count). The highest BCUT2D eigenvalue weighted by atomic mass is 16.2. The minimum absolute atomic E-state index is 0.0235. The molecule has 0 bridgehead atoms. The summed E-state index contributed by atoms with van der Waals surface area (Å²) >= 11 is 0. The molecule has 1 saturated heterocycles. The van der Waals surface area contributed by atoms with E-state index in [1.54, 1.807) is 0 Å². The highest BCUT2D eigenvalue weighted by Gasteiger charge is 2.23. The van der Waals surface area contributed by atoms with Crippen molar-refractivity contribution in [3.05, 3.63) is 41.3 Å². The summed E-state index contributed by atoms with van der Waals surface area (Å²) in [5.74, 6) is 1.62. The molecule has 31 heavy (non-hydrogen) atoms. The van der Waals surface area contributed by atoms with Crippen molar-refractivity contribution >= 4 is 22.9 Å². The van der Waals surface area contributed by atoms with Crippen LogP contribution >= 0.6 is 0 Å². The third-order valence-electron chi connectivity index (χ3n) is 5.71. The summed E-state index contributed by atoms with van der Waals surface area (Å²) in [6, 6.07) is 6.37. The molecule has 3 aromatic rings. The van der Waals surface area contributed by atoms with Crippen LogP contribution < -0.4 is 10.2 Å². The second kappa shape index (κ2) is 8.91. The number of hydrogen-bond acceptors (Lipinski definition) is 5. The van der Waals surface area contributed by atoms with Gasteiger partial charge in [0.25, 0.3) is 0 Å². The van der Waals surface area contributed by atoms with Crippen LogP contribution in [0.5, 0.6) is 0 Å². The summed E-state index contributed by atoms with van der Waals surface area (Å²) in [6.07, 6.45) is 3.70. The van der Waals surface area contributed by atoms with Crippen LogP contribution in [0.1, 0.15) is 36.7 Å². The van der Waals surface area contributed by atoms with Crippen molar-refractivity contribution < 1.29 is 4.79 Å². The Bertz CT molecular complexity index is 1090. The molecule has 2 amide bonds. The number of nitrogens with zero attached hydrogens (tertiary/aromatic N) is 6. The number of nitrogens with one attached hydrogen (secondary N) is 1. The van der Waals surface area contributed by atoms with E-state index in [1.165, 1.54) is 5.56 Å². The molecule has 0 spiro atoms. The lowest BCUT2D eigenvalue weighted by molar-refractivity contribution is 0.201. The summed E-state index contributed by atoms with van der Waals surface area (Å²) in [6.45, 7) is 11.9. The SMILES string of the molecule is CCCNC(=O)N1CCCN(c2nc(C)nc3c2cnn3-c2ccc(C)cc2C)CC1. The number of urea groups is 1. The highest BCUT2D eigenvalue weighted by molar-refractivity contribution is 5.88. The molecule has 0 radical (unpaired) electrons. The lowest BCUT2D eigenvalue weighted by Crippen LogP contribution is -2.42. The number of aromatic nitrogens is 4. The lowest BCUT2D eigenvalue weighted by Gasteiger charge is -2.23. The first kappa shape index (κ1) is 21.1. The number of carbonyl (C=O) groups is 1. The molecule has 0 aliphatic carbocycles. The quantitative estimate of drug-likeness (QED) is 0.699. The van der Waals surface area contributed by atoms with Gasteiger partial charge < -0.3 is 15.1 Å². The molecule has 0 atom stereocenters. The number of anilines is 1. The van der Waals surface area contributed by atoms with Crippen molar-refractivity contribution in [2.24, 2.45) is 0 Å². The fourth-order valence-electron chi connectivity index (χ4n) is 4.14. The number of amides is 2. The molecule has 1 aliphatic rings. The Labute approximate surface area is 183 Å². The second-order valence-corrected chi connectivity index (χ2v) is 8.24. The van der Waals surface area contributed by atoms with Crippen LogP contribution in [-0.2, 0) is 0 Å². The Morgan fingerprint density at radius 1 is 1.10 bits per heavy atom. The smallest absolute Gasteiger partial charge is 0.317 e. The van der Waals surface area contributed by atoms with Crippen LogP contribution in [0, 0.1) is 20.8 Å². The monoisotopic (exact) mass is 421 g/mol. The van der Waals surface area contributed by atoms with Gasteiger partial charge in [0.1, 0.15) is 11.6 Å². The molecule has 1 aliphatic heterocycles. The van der Waals surface area contributed by atoms with Crippen molar-refractivity contribution in [2.75, 3.05) is 37.6 Å². The zero-order chi connectivity index (χ0) is 22.0. The Kier molecular flexibility index (Phi) is 6.06. The Hall–Kier alpha value is -3.16. The molecule has 8 nitrogen and oxygen atoms in total. The van der Waals surface area contributed by atoms with Gasteiger partial charge in [-0.3, -0.25) is 0 Å². The molecule has 2 aromatic heterocycles. The van der Waals surface area contributed by atoms with Gasteiger partial charge in [0.2, 0.25) is 0 Å². The van der Waals surface area contributed by atoms with Gasteiger partial charge >= 0.3 is 6.03 Å². The maximum Gasteiger partial charge on any atom is 0.317 e. The summed E-state index contributed by atoms with van der Waals surface area (Å²) in [5, 5.41) is 8.59. The number of carbonyl (C=O) groups excluding carboxylic acids is 1. The van der Waals surface area contributed by atoms with E-state index >= 15 is 0 Å². The van der Waals surface area contributed by atoms with Crippen LogP contribution in [0.3, 0.4) is 0 Å². The van der Waals surface area contributed by atoms with Crippen LogP contribution in [0.15, 0.2) is 24.4 Å². The second-order valence-electron chi connectivity index (χ2n) is 8.24. The van der Waals surface area contributed by atoms with E-state index in [0.29, 0.717) is 13.1 Å². The third-order valence-corrected chi connectivity index (χ3v) is 5.71. The Morgan fingerprint density at radius 3 is 2.71 bits per heavy atom. The standard InChI is InChI=1S/C23H31N7O/c1-5-9-24-23(31)29-11-6-10-28(12-13-29)21-19-15-25-30(22(19)27-18(4)26-21)20-8-7-16(2)14-17(20)3/h7-8,14-15H,5-6,9-13H2,1-4H3,(H,24,31). The number of fused-ring (bicyclic) bond motifs is 1. The Morgan fingerprint density at radius 2 is 1.94 bits per heavy atom. The summed E-state index contributed by atoms with van der Waals surface area (Å²) in [7, 11) is 0. The first-order valence-corrected chi connectivity index (χ1v) is 11.1. The molecular weight excluding hydrogens is 390 g/mol. The van der Waals surface area contributed by atoms with Gasteiger partial charge in [-0.2, -0.15) is 5.10 Å². The van der Waals surface area contributed by atoms with Gasteiger partial charge in [0.05, 0.1) is 17.3 Å². The fraction of sp³-hybridized carbons (Fsp3) is 0.478. The largest absolute Gasteiger partial charge is 0.354 e. The molecule has 1 N–H and O–H groups in total. The van der Waals surface area contributed by atoms with Gasteiger partial charge in [0.15, 0.2) is 5.65 Å². The van der Waals surface area contributed by atoms with Crippen LogP contribution in [0.4, 0.5) is 10.6 Å². The summed E-state index contributed by atoms with van der Waals surface area (Å²) in [4.78, 5) is 26.0. The molecule has 0 saturated carbocycles. The van der Waals surface area contributed by atoms with Crippen LogP contribution in [0.25, 0.3) is 16.7 Å². The minimum Gasteiger partial charge on any atom is -0.354 e. The molecule has 164 valence electrons. The first-order valence-electron chi connectivity index (χ1n) is 11.1. The number of benzene rings is 1. The van der Waals surface area contributed by atoms with Gasteiger partial charge in [0, 0.05) is 32.7 Å². The first-order chi connectivity index (χ1) is 15.0. The zero-order valence-electron chi connectivity index (χ0n) is 18.9. The van der Waals surface area contributed by atoms with Gasteiger partial charge in [-0.05, 0) is 45.2 Å². The highest BCUT2D eigenvalue weighted by Crippen LogP contribution is 2.27. The van der Waals surface area contributed by atoms with E-state index in [4.69, 9.17) is 9.97 Å². The maximum atomic E-state index is 12.4. The average molecular weight is 422 g/mol. The number of aryl methyl sites for hydroxylation is 3. The predicted molar refractivity (Wildman–Crippen MR) is 123 cm³/mol. The third kappa shape index (κ3) is 4.33. The molecule has 3 heterocycles. The van der Waals surface area contributed by atoms with Crippen LogP contribution in [0.2, 0.25) is 0 Å². The van der Waals surface area contributed by atoms with E-state index in [-0.39, 0.29) is 6.03 Å². The maximum absolute atomic E-state index is 12.4. The topological polar surface area (TPSA) is 79.2 Å². The van der Waals surface area contributed by atoms with E-state index in [0.717, 1.165) is 66.4 Å². The molecule has 8 heteroatoms. The van der Waals surface area contributed by atoms with E-state index < -0.39 is 0 Å². The van der Waals surface area contributed by atoms with Crippen molar-refractivity contribution in [1.82, 2.24) is 30.0 Å². The zero-order valence-corrected chi connectivity index (χ0v) is 18.9. The summed E-state index contributed by atoms with van der Waals surface area (Å²) < 4.78 is 1.91. The minimum atomic E-state index is 0.0235. The molecular formula is C23H31N7O. The Balaban J connectivity index is 1.64. The number of rotatable bonds is 4. The number of hydrogen-bond donors (Lipinski definition) is 1. The van der Waals surface area contributed by atoms with Gasteiger partial charge in [-0.25, -0.2) is 19.4 Å². The summed E-state index contributed by atoms with van der Waals surface area (Å²) in [5.41, 5.74) is 4.23. The van der Waals surface area contributed by atoms with Crippen molar-refractivity contribution in [2.45, 2.75) is 40.5 Å². The van der Waals surface area contributed by atoms with Crippen molar-refractivity contribution in [1.29, 1.82) is 0 Å². The van der Waals surface area contributed by atoms with Crippen LogP contribution in [-0.4, -0.2) is 63.4 Å². The van der Waals surface area contributed by atoms with Crippen molar-refractivity contribution in [3.63, 3.8) is 0 Å². The van der Waals surface area contributed by atoms with E-state index in [1.807, 2.05) is 22.7 Å². The normalized spacial score (nSPS) is 14.7. The predicted octanol–water partition coefficient (Wildman–Crippen LogP) is 3.37. The van der Waals surface area contributed by atoms with E-state index in [9.17, 15) is 4.79 Å². The molecule has 0 unspecified atom stereocenters. The van der Waals surface area contributed by atoms with Gasteiger partial charge in [-0.1, -0.05) is 24.6 Å². The fourth-order valence-corrected chi connectivity index (χ4v) is 4.14. The van der Waals surface area contributed by atoms with Crippen molar-refractivity contribution in [3.8, 4) is 5.69 Å². The average Bonchev–Trinajstić information content (AvgIpc) is 2.99.